The molecule has 0 aliphatic carbocycles. The van der Waals surface area contributed by atoms with Gasteiger partial charge in [-0.1, -0.05) is 0 Å². The lowest BCUT2D eigenvalue weighted by Gasteiger charge is -2.22. The Balaban J connectivity index is 1.62. The van der Waals surface area contributed by atoms with Gasteiger partial charge in [0.1, 0.15) is 16.9 Å². The number of rotatable bonds is 6. The number of carbonyl (C=O) groups excluding carboxylic acids is 1. The minimum Gasteiger partial charge on any atom is -0.357 e. The van der Waals surface area contributed by atoms with Gasteiger partial charge in [0.15, 0.2) is 5.82 Å². The van der Waals surface area contributed by atoms with Crippen molar-refractivity contribution in [2.75, 3.05) is 7.05 Å². The maximum Gasteiger partial charge on any atom is 0.247 e. The first-order chi connectivity index (χ1) is 15.2. The Morgan fingerprint density at radius 2 is 1.94 bits per heavy atom. The van der Waals surface area contributed by atoms with Gasteiger partial charge in [-0.05, 0) is 46.8 Å². The molecule has 0 saturated heterocycles. The van der Waals surface area contributed by atoms with Crippen LogP contribution in [0.5, 0.6) is 0 Å². The highest BCUT2D eigenvalue weighted by atomic mass is 16.2. The molecule has 1 N–H and O–H groups in total. The van der Waals surface area contributed by atoms with Crippen molar-refractivity contribution >= 4 is 16.9 Å². The summed E-state index contributed by atoms with van der Waals surface area (Å²) in [5.41, 5.74) is 3.68. The summed E-state index contributed by atoms with van der Waals surface area (Å²) >= 11 is 0. The van der Waals surface area contributed by atoms with Crippen LogP contribution < -0.4 is 5.32 Å². The third-order valence-corrected chi connectivity index (χ3v) is 5.60. The van der Waals surface area contributed by atoms with Crippen LogP contribution in [0.25, 0.3) is 22.4 Å². The summed E-state index contributed by atoms with van der Waals surface area (Å²) in [6, 6.07) is 4.29. The lowest BCUT2D eigenvalue weighted by molar-refractivity contribution is -0.128. The first-order valence-electron chi connectivity index (χ1n) is 10.6. The van der Waals surface area contributed by atoms with Crippen LogP contribution in [0, 0.1) is 6.92 Å². The van der Waals surface area contributed by atoms with Gasteiger partial charge in [0.2, 0.25) is 5.91 Å². The van der Waals surface area contributed by atoms with Gasteiger partial charge in [-0.2, -0.15) is 5.10 Å². The van der Waals surface area contributed by atoms with E-state index in [0.717, 1.165) is 33.8 Å². The maximum atomic E-state index is 12.2. The smallest absolute Gasteiger partial charge is 0.247 e. The number of carbonyl (C=O) groups is 1. The van der Waals surface area contributed by atoms with Gasteiger partial charge in [0.05, 0.1) is 29.2 Å². The van der Waals surface area contributed by atoms with Crippen molar-refractivity contribution in [3.63, 3.8) is 0 Å². The molecular weight excluding hydrogens is 404 g/mol. The topological polar surface area (TPSA) is 103 Å². The van der Waals surface area contributed by atoms with Crippen LogP contribution in [-0.4, -0.2) is 47.2 Å². The lowest BCUT2D eigenvalue weighted by Crippen LogP contribution is -2.43. The van der Waals surface area contributed by atoms with Gasteiger partial charge >= 0.3 is 0 Å². The summed E-state index contributed by atoms with van der Waals surface area (Å²) in [5, 5.41) is 7.03. The highest BCUT2D eigenvalue weighted by Gasteiger charge is 2.30. The molecule has 0 radical (unpaired) electrons. The molecule has 4 heterocycles. The maximum absolute atomic E-state index is 12.2. The van der Waals surface area contributed by atoms with Gasteiger partial charge in [0.25, 0.3) is 0 Å². The van der Waals surface area contributed by atoms with E-state index in [1.54, 1.807) is 30.3 Å². The number of nitrogens with zero attached hydrogens (tertiary/aromatic N) is 7. The zero-order chi connectivity index (χ0) is 23.0. The molecule has 0 aliphatic rings. The fourth-order valence-corrected chi connectivity index (χ4v) is 3.88. The molecule has 0 aromatic carbocycles. The molecule has 9 nitrogen and oxygen atoms in total. The van der Waals surface area contributed by atoms with Crippen LogP contribution in [-0.2, 0) is 16.8 Å². The largest absolute Gasteiger partial charge is 0.357 e. The standard InChI is InChI=1S/C23H28N8O/c1-14(2)31-15(3)28-19-12-26-18(10-20(19)31)9-17-7-8-25-21(29-17)16-11-27-30(13-16)23(4,5)22(32)24-6/h7-8,10-14H,9H2,1-6H3,(H,24,32). The highest BCUT2D eigenvalue weighted by molar-refractivity contribution is 5.83. The zero-order valence-electron chi connectivity index (χ0n) is 19.3. The van der Waals surface area contributed by atoms with Crippen LogP contribution >= 0.6 is 0 Å². The van der Waals surface area contributed by atoms with Crippen molar-refractivity contribution in [2.24, 2.45) is 0 Å². The van der Waals surface area contributed by atoms with E-state index in [2.05, 4.69) is 49.8 Å². The van der Waals surface area contributed by atoms with E-state index in [0.29, 0.717) is 18.3 Å². The van der Waals surface area contributed by atoms with Crippen molar-refractivity contribution in [2.45, 2.75) is 52.6 Å². The summed E-state index contributed by atoms with van der Waals surface area (Å²) in [7, 11) is 1.61. The molecule has 9 heteroatoms. The molecule has 0 unspecified atom stereocenters. The second-order valence-corrected chi connectivity index (χ2v) is 8.65. The number of likely N-dealkylation sites (N-methyl/N-ethyl adjacent to an activating group) is 1. The number of aryl methyl sites for hydroxylation is 1. The third kappa shape index (κ3) is 3.86. The number of fused-ring (bicyclic) bond motifs is 1. The Morgan fingerprint density at radius 3 is 2.66 bits per heavy atom. The first-order valence-corrected chi connectivity index (χ1v) is 10.6. The van der Waals surface area contributed by atoms with Crippen molar-refractivity contribution in [3.8, 4) is 11.4 Å². The van der Waals surface area contributed by atoms with E-state index < -0.39 is 5.54 Å². The Morgan fingerprint density at radius 1 is 1.16 bits per heavy atom. The van der Waals surface area contributed by atoms with E-state index in [1.807, 2.05) is 33.0 Å². The molecule has 166 valence electrons. The number of hydrogen-bond donors (Lipinski definition) is 1. The quantitative estimate of drug-likeness (QED) is 0.502. The lowest BCUT2D eigenvalue weighted by atomic mass is 10.1. The number of amides is 1. The molecule has 0 saturated carbocycles. The summed E-state index contributed by atoms with van der Waals surface area (Å²) in [4.78, 5) is 30.5. The molecule has 4 aromatic heterocycles. The van der Waals surface area contributed by atoms with Gasteiger partial charge < -0.3 is 9.88 Å². The third-order valence-electron chi connectivity index (χ3n) is 5.60. The fraction of sp³-hybridized carbons (Fsp3) is 0.391. The van der Waals surface area contributed by atoms with Gasteiger partial charge in [0, 0.05) is 37.6 Å². The van der Waals surface area contributed by atoms with Crippen LogP contribution in [0.2, 0.25) is 0 Å². The Kier molecular flexibility index (Phi) is 5.50. The van der Waals surface area contributed by atoms with Crippen LogP contribution in [0.3, 0.4) is 0 Å². The normalized spacial score (nSPS) is 12.0. The molecular formula is C23H28N8O. The first kappa shape index (κ1) is 21.6. The molecule has 4 rings (SSSR count). The molecule has 1 amide bonds. The van der Waals surface area contributed by atoms with Crippen LogP contribution in [0.1, 0.15) is 50.9 Å². The van der Waals surface area contributed by atoms with Crippen molar-refractivity contribution in [1.29, 1.82) is 0 Å². The van der Waals surface area contributed by atoms with E-state index in [1.165, 1.54) is 0 Å². The second-order valence-electron chi connectivity index (χ2n) is 8.65. The summed E-state index contributed by atoms with van der Waals surface area (Å²) in [6.07, 6.45) is 7.61. The predicted molar refractivity (Wildman–Crippen MR) is 122 cm³/mol. The molecule has 0 bridgehead atoms. The average molecular weight is 433 g/mol. The monoisotopic (exact) mass is 432 g/mol. The van der Waals surface area contributed by atoms with Crippen molar-refractivity contribution in [1.82, 2.24) is 39.6 Å². The molecule has 0 fully saturated rings. The average Bonchev–Trinajstić information content (AvgIpc) is 3.37. The van der Waals surface area contributed by atoms with Gasteiger partial charge in [-0.3, -0.25) is 14.5 Å². The number of pyridine rings is 1. The molecule has 4 aromatic rings. The highest BCUT2D eigenvalue weighted by Crippen LogP contribution is 2.23. The Bertz CT molecular complexity index is 1280. The molecule has 0 atom stereocenters. The molecule has 0 aliphatic heterocycles. The number of aromatic nitrogens is 7. The summed E-state index contributed by atoms with van der Waals surface area (Å²) < 4.78 is 3.84. The predicted octanol–water partition coefficient (Wildman–Crippen LogP) is 3.05. The SMILES string of the molecule is CNC(=O)C(C)(C)n1cc(-c2nccc(Cc3cc4c(cn3)nc(C)n4C(C)C)n2)cn1. The number of nitrogens with one attached hydrogen (secondary N) is 1. The van der Waals surface area contributed by atoms with Crippen LogP contribution in [0.15, 0.2) is 36.9 Å². The number of hydrogen-bond acceptors (Lipinski definition) is 6. The van der Waals surface area contributed by atoms with E-state index in [9.17, 15) is 4.79 Å². The number of imidazole rings is 1. The Hall–Kier alpha value is -3.62. The van der Waals surface area contributed by atoms with Crippen molar-refractivity contribution < 1.29 is 4.79 Å². The minimum atomic E-state index is -0.818. The van der Waals surface area contributed by atoms with E-state index in [-0.39, 0.29) is 5.91 Å². The van der Waals surface area contributed by atoms with Crippen LogP contribution in [0.4, 0.5) is 0 Å². The zero-order valence-corrected chi connectivity index (χ0v) is 19.3. The van der Waals surface area contributed by atoms with E-state index in [4.69, 9.17) is 4.98 Å². The van der Waals surface area contributed by atoms with Gasteiger partial charge in [-0.15, -0.1) is 0 Å². The fourth-order valence-electron chi connectivity index (χ4n) is 3.88. The molecule has 32 heavy (non-hydrogen) atoms. The van der Waals surface area contributed by atoms with Crippen molar-refractivity contribution in [3.05, 3.63) is 54.1 Å². The Labute approximate surface area is 186 Å². The second kappa shape index (κ2) is 8.14. The van der Waals surface area contributed by atoms with Gasteiger partial charge in [-0.25, -0.2) is 15.0 Å². The molecule has 0 spiro atoms. The minimum absolute atomic E-state index is 0.126. The van der Waals surface area contributed by atoms with E-state index >= 15 is 0 Å². The summed E-state index contributed by atoms with van der Waals surface area (Å²) in [6.45, 7) is 9.94. The summed E-state index contributed by atoms with van der Waals surface area (Å²) in [5.74, 6) is 1.42.